The van der Waals surface area contributed by atoms with Gasteiger partial charge in [0.05, 0.1) is 5.41 Å². The summed E-state index contributed by atoms with van der Waals surface area (Å²) in [7, 11) is 0. The second-order valence-corrected chi connectivity index (χ2v) is 3.40. The van der Waals surface area contributed by atoms with E-state index in [9.17, 15) is 9.59 Å². The Morgan fingerprint density at radius 1 is 1.50 bits per heavy atom. The molecule has 2 nitrogen and oxygen atoms in total. The highest BCUT2D eigenvalue weighted by atomic mass is 16.1. The number of hydrogen-bond donors (Lipinski definition) is 0. The molecule has 1 atom stereocenters. The largest absolute Gasteiger partial charge is 0.302 e. The normalized spacial score (nSPS) is 29.8. The van der Waals surface area contributed by atoms with Gasteiger partial charge in [-0.15, -0.1) is 6.58 Å². The van der Waals surface area contributed by atoms with Crippen molar-refractivity contribution >= 4 is 12.1 Å². The first-order valence-corrected chi connectivity index (χ1v) is 4.36. The lowest BCUT2D eigenvalue weighted by atomic mass is 9.72. The predicted molar refractivity (Wildman–Crippen MR) is 46.8 cm³/mol. The van der Waals surface area contributed by atoms with Crippen LogP contribution in [0.3, 0.4) is 0 Å². The molecule has 0 saturated heterocycles. The van der Waals surface area contributed by atoms with E-state index in [4.69, 9.17) is 0 Å². The highest BCUT2D eigenvalue weighted by molar-refractivity contribution is 5.98. The molecule has 1 saturated carbocycles. The summed E-state index contributed by atoms with van der Waals surface area (Å²) in [6.45, 7) is 3.57. The van der Waals surface area contributed by atoms with Gasteiger partial charge in [0.25, 0.3) is 0 Å². The van der Waals surface area contributed by atoms with E-state index in [1.54, 1.807) is 6.08 Å². The van der Waals surface area contributed by atoms with Gasteiger partial charge in [0.15, 0.2) is 0 Å². The number of Topliss-reactive ketones (excluding diaryl/α,β-unsaturated/α-hetero) is 1. The molecule has 0 aliphatic heterocycles. The summed E-state index contributed by atoms with van der Waals surface area (Å²) in [6, 6.07) is 0. The van der Waals surface area contributed by atoms with Crippen molar-refractivity contribution in [2.75, 3.05) is 0 Å². The number of hydrogen-bond acceptors (Lipinski definition) is 2. The summed E-state index contributed by atoms with van der Waals surface area (Å²) in [6.07, 6.45) is 6.18. The minimum absolute atomic E-state index is 0.101. The maximum atomic E-state index is 11.5. The van der Waals surface area contributed by atoms with E-state index < -0.39 is 5.41 Å². The molecule has 12 heavy (non-hydrogen) atoms. The molecule has 0 spiro atoms. The molecule has 0 amide bonds. The van der Waals surface area contributed by atoms with Crippen molar-refractivity contribution in [3.05, 3.63) is 12.7 Å². The molecule has 0 aromatic carbocycles. The third-order valence-corrected chi connectivity index (χ3v) is 2.57. The Morgan fingerprint density at radius 3 is 2.75 bits per heavy atom. The number of carbonyl (C=O) groups excluding carboxylic acids is 2. The topological polar surface area (TPSA) is 34.1 Å². The van der Waals surface area contributed by atoms with Crippen molar-refractivity contribution in [2.24, 2.45) is 5.41 Å². The lowest BCUT2D eigenvalue weighted by Gasteiger charge is -2.28. The van der Waals surface area contributed by atoms with Crippen LogP contribution in [0.4, 0.5) is 0 Å². The molecule has 2 heteroatoms. The van der Waals surface area contributed by atoms with Crippen LogP contribution < -0.4 is 0 Å². The second-order valence-electron chi connectivity index (χ2n) is 3.40. The van der Waals surface area contributed by atoms with Crippen LogP contribution in [0.2, 0.25) is 0 Å². The summed E-state index contributed by atoms with van der Waals surface area (Å²) in [5.41, 5.74) is -0.708. The Labute approximate surface area is 72.7 Å². The Balaban J connectivity index is 2.79. The lowest BCUT2D eigenvalue weighted by Crippen LogP contribution is -2.35. The molecule has 0 bridgehead atoms. The van der Waals surface area contributed by atoms with Crippen LogP contribution in [-0.2, 0) is 9.59 Å². The summed E-state index contributed by atoms with van der Waals surface area (Å²) in [5.74, 6) is 0.101. The van der Waals surface area contributed by atoms with Crippen LogP contribution in [0.25, 0.3) is 0 Å². The fourth-order valence-corrected chi connectivity index (χ4v) is 1.76. The van der Waals surface area contributed by atoms with Crippen molar-refractivity contribution < 1.29 is 9.59 Å². The third kappa shape index (κ3) is 1.47. The molecule has 1 rings (SSSR count). The Hall–Kier alpha value is -0.920. The van der Waals surface area contributed by atoms with Gasteiger partial charge in [-0.3, -0.25) is 4.79 Å². The first-order valence-electron chi connectivity index (χ1n) is 4.36. The number of aldehydes is 1. The zero-order valence-electron chi connectivity index (χ0n) is 7.21. The van der Waals surface area contributed by atoms with Crippen molar-refractivity contribution in [1.82, 2.24) is 0 Å². The molecule has 1 unspecified atom stereocenters. The zero-order valence-corrected chi connectivity index (χ0v) is 7.21. The Morgan fingerprint density at radius 2 is 2.25 bits per heavy atom. The van der Waals surface area contributed by atoms with Gasteiger partial charge in [-0.25, -0.2) is 0 Å². The summed E-state index contributed by atoms with van der Waals surface area (Å²) in [4.78, 5) is 22.3. The van der Waals surface area contributed by atoms with Crippen molar-refractivity contribution in [3.8, 4) is 0 Å². The molecule has 1 fully saturated rings. The SMILES string of the molecule is C=CCC1(C=O)CCCCC1=O. The average molecular weight is 166 g/mol. The van der Waals surface area contributed by atoms with Crippen LogP contribution in [0.15, 0.2) is 12.7 Å². The van der Waals surface area contributed by atoms with E-state index in [0.29, 0.717) is 19.3 Å². The number of ketones is 1. The van der Waals surface area contributed by atoms with E-state index in [1.807, 2.05) is 0 Å². The smallest absolute Gasteiger partial charge is 0.146 e. The van der Waals surface area contributed by atoms with Crippen LogP contribution in [0.5, 0.6) is 0 Å². The van der Waals surface area contributed by atoms with Crippen molar-refractivity contribution in [2.45, 2.75) is 32.1 Å². The van der Waals surface area contributed by atoms with E-state index in [-0.39, 0.29) is 5.78 Å². The maximum absolute atomic E-state index is 11.5. The number of rotatable bonds is 3. The fraction of sp³-hybridized carbons (Fsp3) is 0.600. The van der Waals surface area contributed by atoms with Gasteiger partial charge in [0, 0.05) is 6.42 Å². The van der Waals surface area contributed by atoms with E-state index in [1.165, 1.54) is 0 Å². The van der Waals surface area contributed by atoms with Gasteiger partial charge in [0.1, 0.15) is 12.1 Å². The van der Waals surface area contributed by atoms with Crippen LogP contribution in [-0.4, -0.2) is 12.1 Å². The molecule has 0 radical (unpaired) electrons. The number of carbonyl (C=O) groups is 2. The minimum atomic E-state index is -0.708. The highest BCUT2D eigenvalue weighted by Gasteiger charge is 2.38. The molecule has 0 N–H and O–H groups in total. The predicted octanol–water partition coefficient (Wildman–Crippen LogP) is 1.89. The van der Waals surface area contributed by atoms with E-state index >= 15 is 0 Å². The van der Waals surface area contributed by atoms with Crippen molar-refractivity contribution in [3.63, 3.8) is 0 Å². The van der Waals surface area contributed by atoms with Gasteiger partial charge in [0.2, 0.25) is 0 Å². The fourth-order valence-electron chi connectivity index (χ4n) is 1.76. The zero-order chi connectivity index (χ0) is 9.03. The molecule has 0 aromatic rings. The van der Waals surface area contributed by atoms with Crippen LogP contribution in [0.1, 0.15) is 32.1 Å². The summed E-state index contributed by atoms with van der Waals surface area (Å²) in [5, 5.41) is 0. The Kier molecular flexibility index (Phi) is 2.79. The molecular weight excluding hydrogens is 152 g/mol. The van der Waals surface area contributed by atoms with Gasteiger partial charge in [-0.2, -0.15) is 0 Å². The molecule has 1 aliphatic carbocycles. The molecule has 66 valence electrons. The van der Waals surface area contributed by atoms with Crippen LogP contribution in [0, 0.1) is 5.41 Å². The average Bonchev–Trinajstić information content (AvgIpc) is 2.10. The monoisotopic (exact) mass is 166 g/mol. The standard InChI is InChI=1S/C10H14O2/c1-2-6-10(8-11)7-4-3-5-9(10)12/h2,8H,1,3-7H2. The number of allylic oxidation sites excluding steroid dienone is 1. The van der Waals surface area contributed by atoms with Gasteiger partial charge >= 0.3 is 0 Å². The first-order chi connectivity index (χ1) is 5.75. The van der Waals surface area contributed by atoms with E-state index in [2.05, 4.69) is 6.58 Å². The molecule has 1 aliphatic rings. The van der Waals surface area contributed by atoms with Crippen LogP contribution >= 0.6 is 0 Å². The minimum Gasteiger partial charge on any atom is -0.302 e. The molecule has 0 heterocycles. The highest BCUT2D eigenvalue weighted by Crippen LogP contribution is 2.34. The summed E-state index contributed by atoms with van der Waals surface area (Å²) >= 11 is 0. The lowest BCUT2D eigenvalue weighted by molar-refractivity contribution is -0.136. The van der Waals surface area contributed by atoms with E-state index in [0.717, 1.165) is 19.1 Å². The molecule has 0 aromatic heterocycles. The van der Waals surface area contributed by atoms with Crippen molar-refractivity contribution in [1.29, 1.82) is 0 Å². The summed E-state index contributed by atoms with van der Waals surface area (Å²) < 4.78 is 0. The third-order valence-electron chi connectivity index (χ3n) is 2.57. The van der Waals surface area contributed by atoms with Gasteiger partial charge in [-0.05, 0) is 19.3 Å². The first kappa shape index (κ1) is 9.17. The van der Waals surface area contributed by atoms with Gasteiger partial charge < -0.3 is 4.79 Å². The van der Waals surface area contributed by atoms with Gasteiger partial charge in [-0.1, -0.05) is 12.5 Å². The second kappa shape index (κ2) is 3.65. The molecular formula is C10H14O2. The quantitative estimate of drug-likeness (QED) is 0.364. The Bertz CT molecular complexity index is 208. The maximum Gasteiger partial charge on any atom is 0.146 e.